The van der Waals surface area contributed by atoms with Gasteiger partial charge in [-0.15, -0.1) is 0 Å². The minimum absolute atomic E-state index is 0.0335. The Kier molecular flexibility index (Phi) is 4.18. The maximum atomic E-state index is 11.4. The van der Waals surface area contributed by atoms with E-state index in [0.29, 0.717) is 11.4 Å². The highest BCUT2D eigenvalue weighted by molar-refractivity contribution is 7.89. The topological polar surface area (TPSA) is 111 Å². The van der Waals surface area contributed by atoms with Crippen molar-refractivity contribution in [1.29, 1.82) is 0 Å². The van der Waals surface area contributed by atoms with Crippen LogP contribution < -0.4 is 5.14 Å². The summed E-state index contributed by atoms with van der Waals surface area (Å²) in [6, 6.07) is 9.84. The highest BCUT2D eigenvalue weighted by Gasteiger charge is 2.19. The molecule has 0 aliphatic carbocycles. The van der Waals surface area contributed by atoms with E-state index in [1.54, 1.807) is 36.3 Å². The molecule has 124 valence electrons. The maximum absolute atomic E-state index is 11.4. The van der Waals surface area contributed by atoms with Crippen LogP contribution in [0.2, 0.25) is 0 Å². The van der Waals surface area contributed by atoms with Gasteiger partial charge in [0.05, 0.1) is 17.2 Å². The molecule has 0 aliphatic heterocycles. The first-order valence-electron chi connectivity index (χ1n) is 7.12. The van der Waals surface area contributed by atoms with Crippen molar-refractivity contribution in [3.8, 4) is 22.4 Å². The van der Waals surface area contributed by atoms with Crippen molar-refractivity contribution >= 4 is 10.0 Å². The van der Waals surface area contributed by atoms with Crippen molar-refractivity contribution in [3.63, 3.8) is 0 Å². The summed E-state index contributed by atoms with van der Waals surface area (Å²) in [7, 11) is -2.00. The Morgan fingerprint density at radius 2 is 1.71 bits per heavy atom. The largest absolute Gasteiger partial charge is 0.390 e. The standard InChI is InChI=1S/C16H16N4O3S/c1-20-14(10-21)15(16(19-20)12-6-8-18-9-7-12)11-2-4-13(5-3-11)24(17,22)23/h2-9,21H,10H2,1H3,(H2,17,22,23). The quantitative estimate of drug-likeness (QED) is 0.741. The van der Waals surface area contributed by atoms with E-state index in [9.17, 15) is 13.5 Å². The second-order valence-electron chi connectivity index (χ2n) is 5.26. The molecule has 2 aromatic heterocycles. The van der Waals surface area contributed by atoms with E-state index in [1.165, 1.54) is 12.1 Å². The Balaban J connectivity index is 2.20. The molecule has 0 unspecified atom stereocenters. The number of sulfonamides is 1. The van der Waals surface area contributed by atoms with Gasteiger partial charge in [0.2, 0.25) is 10.0 Å². The summed E-state index contributed by atoms with van der Waals surface area (Å²) in [5.41, 5.74) is 3.65. The summed E-state index contributed by atoms with van der Waals surface area (Å²) in [5.74, 6) is 0. The first-order chi connectivity index (χ1) is 11.4. The van der Waals surface area contributed by atoms with Gasteiger partial charge in [-0.25, -0.2) is 13.6 Å². The Hall–Kier alpha value is -2.55. The molecule has 8 heteroatoms. The van der Waals surface area contributed by atoms with E-state index in [0.717, 1.165) is 16.7 Å². The first-order valence-corrected chi connectivity index (χ1v) is 8.67. The number of aryl methyl sites for hydroxylation is 1. The number of nitrogens with zero attached hydrogens (tertiary/aromatic N) is 3. The molecule has 0 aliphatic rings. The molecule has 0 bridgehead atoms. The van der Waals surface area contributed by atoms with E-state index in [1.807, 2.05) is 12.1 Å². The minimum Gasteiger partial charge on any atom is -0.390 e. The molecule has 3 aromatic rings. The van der Waals surface area contributed by atoms with Crippen LogP contribution in [0.3, 0.4) is 0 Å². The van der Waals surface area contributed by atoms with Crippen LogP contribution in [0.4, 0.5) is 0 Å². The molecular weight excluding hydrogens is 328 g/mol. The number of hydrogen-bond donors (Lipinski definition) is 2. The Morgan fingerprint density at radius 3 is 2.25 bits per heavy atom. The van der Waals surface area contributed by atoms with E-state index >= 15 is 0 Å². The molecule has 2 heterocycles. The predicted octanol–water partition coefficient (Wildman–Crippen LogP) is 1.29. The summed E-state index contributed by atoms with van der Waals surface area (Å²) in [6.45, 7) is -0.194. The zero-order valence-corrected chi connectivity index (χ0v) is 13.7. The van der Waals surface area contributed by atoms with Gasteiger partial charge in [0.15, 0.2) is 0 Å². The highest BCUT2D eigenvalue weighted by atomic mass is 32.2. The molecule has 0 amide bonds. The third-order valence-corrected chi connectivity index (χ3v) is 4.67. The lowest BCUT2D eigenvalue weighted by Gasteiger charge is -2.07. The molecule has 0 fully saturated rings. The summed E-state index contributed by atoms with van der Waals surface area (Å²) < 4.78 is 24.4. The van der Waals surface area contributed by atoms with Crippen LogP contribution in [0, 0.1) is 0 Å². The number of benzene rings is 1. The minimum atomic E-state index is -3.75. The number of nitrogens with two attached hydrogens (primary N) is 1. The zero-order chi connectivity index (χ0) is 17.3. The van der Waals surface area contributed by atoms with Gasteiger partial charge in [0.25, 0.3) is 0 Å². The van der Waals surface area contributed by atoms with Crippen LogP contribution in [-0.2, 0) is 23.7 Å². The van der Waals surface area contributed by atoms with E-state index in [2.05, 4.69) is 10.1 Å². The molecule has 3 N–H and O–H groups in total. The second-order valence-corrected chi connectivity index (χ2v) is 6.82. The molecule has 0 atom stereocenters. The van der Waals surface area contributed by atoms with Crippen LogP contribution in [0.25, 0.3) is 22.4 Å². The lowest BCUT2D eigenvalue weighted by Crippen LogP contribution is -2.11. The molecule has 0 radical (unpaired) electrons. The number of aliphatic hydroxyl groups excluding tert-OH is 1. The van der Waals surface area contributed by atoms with Gasteiger partial charge in [0.1, 0.15) is 5.69 Å². The fourth-order valence-electron chi connectivity index (χ4n) is 2.57. The van der Waals surface area contributed by atoms with E-state index in [-0.39, 0.29) is 11.5 Å². The van der Waals surface area contributed by atoms with Gasteiger partial charge in [-0.05, 0) is 29.8 Å². The summed E-state index contributed by atoms with van der Waals surface area (Å²) >= 11 is 0. The molecule has 0 saturated carbocycles. The number of hydrogen-bond acceptors (Lipinski definition) is 5. The van der Waals surface area contributed by atoms with Crippen LogP contribution in [-0.4, -0.2) is 28.3 Å². The molecular formula is C16H16N4O3S. The smallest absolute Gasteiger partial charge is 0.238 e. The fraction of sp³-hybridized carbons (Fsp3) is 0.125. The zero-order valence-electron chi connectivity index (χ0n) is 12.9. The van der Waals surface area contributed by atoms with Gasteiger partial charge in [-0.2, -0.15) is 5.10 Å². The molecule has 3 rings (SSSR count). The SMILES string of the molecule is Cn1nc(-c2ccncc2)c(-c2ccc(S(N)(=O)=O)cc2)c1CO. The van der Waals surface area contributed by atoms with Gasteiger partial charge in [0, 0.05) is 30.6 Å². The normalized spacial score (nSPS) is 11.6. The Bertz CT molecular complexity index is 965. The monoisotopic (exact) mass is 344 g/mol. The van der Waals surface area contributed by atoms with Crippen LogP contribution in [0.1, 0.15) is 5.69 Å². The molecule has 24 heavy (non-hydrogen) atoms. The van der Waals surface area contributed by atoms with Gasteiger partial charge in [-0.3, -0.25) is 9.67 Å². The lowest BCUT2D eigenvalue weighted by atomic mass is 9.99. The molecule has 7 nitrogen and oxygen atoms in total. The van der Waals surface area contributed by atoms with Crippen LogP contribution >= 0.6 is 0 Å². The summed E-state index contributed by atoms with van der Waals surface area (Å²) in [4.78, 5) is 4.03. The van der Waals surface area contributed by atoms with Crippen molar-refractivity contribution < 1.29 is 13.5 Å². The van der Waals surface area contributed by atoms with Gasteiger partial charge >= 0.3 is 0 Å². The third kappa shape index (κ3) is 2.94. The van der Waals surface area contributed by atoms with Gasteiger partial charge in [-0.1, -0.05) is 12.1 Å². The van der Waals surface area contributed by atoms with Crippen molar-refractivity contribution in [2.45, 2.75) is 11.5 Å². The van der Waals surface area contributed by atoms with E-state index in [4.69, 9.17) is 5.14 Å². The molecule has 0 spiro atoms. The van der Waals surface area contributed by atoms with Crippen molar-refractivity contribution in [3.05, 3.63) is 54.5 Å². The van der Waals surface area contributed by atoms with Crippen molar-refractivity contribution in [1.82, 2.24) is 14.8 Å². The number of rotatable bonds is 4. The first kappa shape index (κ1) is 16.3. The maximum Gasteiger partial charge on any atom is 0.238 e. The second kappa shape index (κ2) is 6.16. The van der Waals surface area contributed by atoms with Crippen LogP contribution in [0.15, 0.2) is 53.7 Å². The van der Waals surface area contributed by atoms with Gasteiger partial charge < -0.3 is 5.11 Å². The number of aromatic nitrogens is 3. The van der Waals surface area contributed by atoms with Crippen molar-refractivity contribution in [2.75, 3.05) is 0 Å². The summed E-state index contributed by atoms with van der Waals surface area (Å²) in [5, 5.41) is 19.3. The lowest BCUT2D eigenvalue weighted by molar-refractivity contribution is 0.271. The average Bonchev–Trinajstić information content (AvgIpc) is 2.91. The third-order valence-electron chi connectivity index (χ3n) is 3.74. The van der Waals surface area contributed by atoms with E-state index < -0.39 is 10.0 Å². The Morgan fingerprint density at radius 1 is 1.08 bits per heavy atom. The van der Waals surface area contributed by atoms with Crippen LogP contribution in [0.5, 0.6) is 0 Å². The number of aliphatic hydroxyl groups is 1. The van der Waals surface area contributed by atoms with Crippen molar-refractivity contribution in [2.24, 2.45) is 12.2 Å². The number of primary sulfonamides is 1. The predicted molar refractivity (Wildman–Crippen MR) is 89.2 cm³/mol. The summed E-state index contributed by atoms with van der Waals surface area (Å²) in [6.07, 6.45) is 3.33. The molecule has 0 saturated heterocycles. The average molecular weight is 344 g/mol. The fourth-order valence-corrected chi connectivity index (χ4v) is 3.08. The molecule has 1 aromatic carbocycles. The Labute approximate surface area is 139 Å². The number of pyridine rings is 1. The highest BCUT2D eigenvalue weighted by Crippen LogP contribution is 2.34.